The average molecular weight is 370 g/mol. The monoisotopic (exact) mass is 369 g/mol. The molecule has 0 aliphatic rings. The van der Waals surface area contributed by atoms with Gasteiger partial charge in [0.05, 0.1) is 0 Å². The van der Waals surface area contributed by atoms with E-state index in [-0.39, 0.29) is 23.1 Å². The van der Waals surface area contributed by atoms with Crippen molar-refractivity contribution in [1.82, 2.24) is 14.3 Å². The van der Waals surface area contributed by atoms with Crippen molar-refractivity contribution in [2.24, 2.45) is 0 Å². The molecule has 6 heteroatoms. The lowest BCUT2D eigenvalue weighted by molar-refractivity contribution is 0.0669. The molecule has 1 amide bonds. The molecule has 5 nitrogen and oxygen atoms in total. The van der Waals surface area contributed by atoms with Crippen LogP contribution in [0.5, 0.6) is 0 Å². The lowest BCUT2D eigenvalue weighted by Crippen LogP contribution is -2.40. The number of halogens is 1. The van der Waals surface area contributed by atoms with Crippen LogP contribution in [-0.4, -0.2) is 26.2 Å². The number of hydrogen-bond acceptors (Lipinski definition) is 3. The quantitative estimate of drug-likeness (QED) is 0.687. The van der Waals surface area contributed by atoms with Gasteiger partial charge >= 0.3 is 0 Å². The molecule has 0 N–H and O–H groups in total. The Kier molecular flexibility index (Phi) is 5.38. The largest absolute Gasteiger partial charge is 0.331 e. The lowest BCUT2D eigenvalue weighted by atomic mass is 10.1. The molecule has 1 aromatic carbocycles. The minimum Gasteiger partial charge on any atom is -0.331 e. The predicted molar refractivity (Wildman–Crippen MR) is 103 cm³/mol. The third-order valence-corrected chi connectivity index (χ3v) is 4.89. The molecule has 0 unspecified atom stereocenters. The highest BCUT2D eigenvalue weighted by atomic mass is 35.5. The molecule has 0 aliphatic carbocycles. The summed E-state index contributed by atoms with van der Waals surface area (Å²) in [5, 5.41) is 0.599. The smallest absolute Gasteiger partial charge is 0.270 e. The van der Waals surface area contributed by atoms with E-state index in [9.17, 15) is 9.59 Å². The number of hydrogen-bond donors (Lipinski definition) is 0. The molecule has 0 aliphatic heterocycles. The highest BCUT2D eigenvalue weighted by Crippen LogP contribution is 2.20. The molecule has 0 bridgehead atoms. The van der Waals surface area contributed by atoms with Gasteiger partial charge in [0, 0.05) is 30.0 Å². The first-order valence-corrected chi connectivity index (χ1v) is 8.91. The fourth-order valence-electron chi connectivity index (χ4n) is 2.79. The van der Waals surface area contributed by atoms with E-state index >= 15 is 0 Å². The van der Waals surface area contributed by atoms with Gasteiger partial charge in [-0.15, -0.1) is 0 Å². The van der Waals surface area contributed by atoms with Crippen LogP contribution in [0.1, 0.15) is 36.2 Å². The Morgan fingerprint density at radius 2 is 1.96 bits per heavy atom. The van der Waals surface area contributed by atoms with E-state index in [4.69, 9.17) is 11.6 Å². The van der Waals surface area contributed by atoms with Gasteiger partial charge in [-0.2, -0.15) is 0 Å². The van der Waals surface area contributed by atoms with Crippen LogP contribution in [0.2, 0.25) is 5.02 Å². The average Bonchev–Trinajstić information content (AvgIpc) is 2.67. The van der Waals surface area contributed by atoms with Gasteiger partial charge < -0.3 is 4.90 Å². The molecule has 0 spiro atoms. The number of carbonyl (C=O) groups excluding carboxylic acids is 1. The van der Waals surface area contributed by atoms with Crippen LogP contribution in [0.3, 0.4) is 0 Å². The Morgan fingerprint density at radius 1 is 1.23 bits per heavy atom. The summed E-state index contributed by atoms with van der Waals surface area (Å²) in [6.45, 7) is 4.30. The van der Waals surface area contributed by atoms with Crippen molar-refractivity contribution in [2.45, 2.75) is 32.9 Å². The van der Waals surface area contributed by atoms with Gasteiger partial charge in [0.2, 0.25) is 0 Å². The van der Waals surface area contributed by atoms with Crippen LogP contribution >= 0.6 is 11.6 Å². The number of rotatable bonds is 5. The van der Waals surface area contributed by atoms with Crippen molar-refractivity contribution in [1.29, 1.82) is 0 Å². The summed E-state index contributed by atoms with van der Waals surface area (Å²) in [6, 6.07) is 12.6. The van der Waals surface area contributed by atoms with Gasteiger partial charge in [0.1, 0.15) is 11.2 Å². The van der Waals surface area contributed by atoms with E-state index in [2.05, 4.69) is 4.98 Å². The summed E-state index contributed by atoms with van der Waals surface area (Å²) in [5.41, 5.74) is 1.04. The van der Waals surface area contributed by atoms with E-state index in [0.29, 0.717) is 17.2 Å². The third kappa shape index (κ3) is 3.48. The van der Waals surface area contributed by atoms with Crippen LogP contribution in [0.4, 0.5) is 0 Å². The number of benzene rings is 1. The van der Waals surface area contributed by atoms with E-state index in [1.807, 2.05) is 32.0 Å². The van der Waals surface area contributed by atoms with Gasteiger partial charge in [0.25, 0.3) is 11.5 Å². The van der Waals surface area contributed by atoms with Crippen LogP contribution in [-0.2, 0) is 6.54 Å². The first-order valence-electron chi connectivity index (χ1n) is 8.53. The number of aromatic nitrogens is 2. The lowest BCUT2D eigenvalue weighted by Gasteiger charge is -2.29. The van der Waals surface area contributed by atoms with E-state index in [1.165, 1.54) is 10.6 Å². The molecule has 0 fully saturated rings. The van der Waals surface area contributed by atoms with E-state index in [0.717, 1.165) is 12.0 Å². The summed E-state index contributed by atoms with van der Waals surface area (Å²) >= 11 is 6.26. The number of fused-ring (bicyclic) bond motifs is 1. The van der Waals surface area contributed by atoms with Crippen molar-refractivity contribution in [3.8, 4) is 0 Å². The molecule has 2 heterocycles. The van der Waals surface area contributed by atoms with Crippen molar-refractivity contribution < 1.29 is 4.79 Å². The second-order valence-electron chi connectivity index (χ2n) is 6.19. The minimum atomic E-state index is -0.368. The van der Waals surface area contributed by atoms with Crippen molar-refractivity contribution in [3.63, 3.8) is 0 Å². The maximum atomic E-state index is 13.2. The molecule has 0 radical (unpaired) electrons. The Labute approximate surface area is 156 Å². The first-order chi connectivity index (χ1) is 12.5. The molecule has 2 aromatic heterocycles. The normalized spacial score (nSPS) is 12.1. The van der Waals surface area contributed by atoms with Gasteiger partial charge in [-0.05, 0) is 37.1 Å². The molecular weight excluding hydrogens is 350 g/mol. The van der Waals surface area contributed by atoms with Crippen LogP contribution < -0.4 is 5.56 Å². The number of pyridine rings is 1. The Bertz CT molecular complexity index is 1000. The minimum absolute atomic E-state index is 0.0466. The summed E-state index contributed by atoms with van der Waals surface area (Å²) in [4.78, 5) is 31.8. The van der Waals surface area contributed by atoms with Crippen molar-refractivity contribution >= 4 is 23.2 Å². The molecule has 134 valence electrons. The summed E-state index contributed by atoms with van der Waals surface area (Å²) in [5.74, 6) is -0.338. The summed E-state index contributed by atoms with van der Waals surface area (Å²) in [7, 11) is 0. The number of amides is 1. The van der Waals surface area contributed by atoms with Crippen LogP contribution in [0.25, 0.3) is 5.65 Å². The van der Waals surface area contributed by atoms with Crippen LogP contribution in [0.15, 0.2) is 59.7 Å². The SMILES string of the molecule is CC[C@H](C)N(Cc1ccccc1Cl)C(=O)c1cnc2ccccn2c1=O. The fraction of sp³-hybridized carbons (Fsp3) is 0.250. The van der Waals surface area contributed by atoms with Gasteiger partial charge in [-0.1, -0.05) is 42.8 Å². The van der Waals surface area contributed by atoms with Gasteiger partial charge in [-0.25, -0.2) is 4.98 Å². The number of carbonyl (C=O) groups is 1. The summed E-state index contributed by atoms with van der Waals surface area (Å²) in [6.07, 6.45) is 3.74. The maximum absolute atomic E-state index is 13.2. The molecule has 0 saturated carbocycles. The first kappa shape index (κ1) is 18.1. The predicted octanol–water partition coefficient (Wildman–Crippen LogP) is 3.79. The molecule has 1 atom stereocenters. The molecule has 0 saturated heterocycles. The van der Waals surface area contributed by atoms with E-state index < -0.39 is 0 Å². The third-order valence-electron chi connectivity index (χ3n) is 4.53. The van der Waals surface area contributed by atoms with Crippen molar-refractivity contribution in [3.05, 3.63) is 81.4 Å². The highest BCUT2D eigenvalue weighted by molar-refractivity contribution is 6.31. The second-order valence-corrected chi connectivity index (χ2v) is 6.59. The Hall–Kier alpha value is -2.66. The van der Waals surface area contributed by atoms with Crippen LogP contribution in [0, 0.1) is 0 Å². The Morgan fingerprint density at radius 3 is 2.69 bits per heavy atom. The maximum Gasteiger partial charge on any atom is 0.270 e. The standard InChI is InChI=1S/C20H20ClN3O2/c1-3-14(2)24(13-15-8-4-5-9-17(15)21)20(26)16-12-22-18-10-6-7-11-23(18)19(16)25/h4-12,14H,3,13H2,1-2H3/t14-/m0/s1. The fourth-order valence-corrected chi connectivity index (χ4v) is 2.98. The zero-order chi connectivity index (χ0) is 18.7. The Balaban J connectivity index is 2.02. The number of nitrogens with zero attached hydrogens (tertiary/aromatic N) is 3. The van der Waals surface area contributed by atoms with Gasteiger partial charge in [0.15, 0.2) is 0 Å². The molecule has 3 rings (SSSR count). The molecular formula is C20H20ClN3O2. The second kappa shape index (κ2) is 7.70. The topological polar surface area (TPSA) is 54.7 Å². The molecule has 26 heavy (non-hydrogen) atoms. The van der Waals surface area contributed by atoms with Crippen molar-refractivity contribution in [2.75, 3.05) is 0 Å². The van der Waals surface area contributed by atoms with E-state index in [1.54, 1.807) is 35.4 Å². The molecule has 3 aromatic rings. The zero-order valence-corrected chi connectivity index (χ0v) is 15.5. The highest BCUT2D eigenvalue weighted by Gasteiger charge is 2.24. The van der Waals surface area contributed by atoms with Gasteiger partial charge in [-0.3, -0.25) is 14.0 Å². The zero-order valence-electron chi connectivity index (χ0n) is 14.7. The summed E-state index contributed by atoms with van der Waals surface area (Å²) < 4.78 is 1.39.